The number of allylic oxidation sites excluding steroid dienone is 2. The third-order valence-corrected chi connectivity index (χ3v) is 2.99. The maximum Gasteiger partial charge on any atom is 0.232 e. The lowest BCUT2D eigenvalue weighted by Gasteiger charge is -2.16. The summed E-state index contributed by atoms with van der Waals surface area (Å²) in [4.78, 5) is 15.1. The molecule has 0 bridgehead atoms. The van der Waals surface area contributed by atoms with E-state index in [0.717, 1.165) is 25.0 Å². The molecule has 17 heavy (non-hydrogen) atoms. The SMILES string of the molecule is CC(C)(C)c1nc(C2C=CC(C=O)CC2)no1. The first-order valence-corrected chi connectivity index (χ1v) is 5.98. The van der Waals surface area contributed by atoms with Crippen LogP contribution in [0.1, 0.15) is 51.2 Å². The summed E-state index contributed by atoms with van der Waals surface area (Å²) >= 11 is 0. The lowest BCUT2D eigenvalue weighted by atomic mass is 9.89. The van der Waals surface area contributed by atoms with Crippen LogP contribution < -0.4 is 0 Å². The molecule has 1 heterocycles. The van der Waals surface area contributed by atoms with Crippen LogP contribution in [0.2, 0.25) is 0 Å². The van der Waals surface area contributed by atoms with Crippen molar-refractivity contribution in [3.05, 3.63) is 23.9 Å². The predicted octanol–water partition coefficient (Wildman–Crippen LogP) is 2.62. The molecule has 0 spiro atoms. The van der Waals surface area contributed by atoms with Gasteiger partial charge in [0.2, 0.25) is 5.89 Å². The van der Waals surface area contributed by atoms with E-state index in [1.54, 1.807) is 0 Å². The molecule has 1 aromatic rings. The summed E-state index contributed by atoms with van der Waals surface area (Å²) in [7, 11) is 0. The van der Waals surface area contributed by atoms with Gasteiger partial charge in [-0.3, -0.25) is 0 Å². The Morgan fingerprint density at radius 1 is 1.35 bits per heavy atom. The van der Waals surface area contributed by atoms with Crippen LogP contribution in [0.4, 0.5) is 0 Å². The first-order valence-electron chi connectivity index (χ1n) is 5.98. The number of aromatic nitrogens is 2. The van der Waals surface area contributed by atoms with Gasteiger partial charge in [-0.1, -0.05) is 38.1 Å². The molecule has 92 valence electrons. The average molecular weight is 234 g/mol. The largest absolute Gasteiger partial charge is 0.339 e. The van der Waals surface area contributed by atoms with Gasteiger partial charge in [0.15, 0.2) is 5.82 Å². The van der Waals surface area contributed by atoms with Gasteiger partial charge in [0.05, 0.1) is 0 Å². The van der Waals surface area contributed by atoms with Crippen molar-refractivity contribution < 1.29 is 9.32 Å². The molecule has 0 amide bonds. The average Bonchev–Trinajstić information content (AvgIpc) is 2.78. The number of carbonyl (C=O) groups is 1. The molecule has 0 aliphatic heterocycles. The van der Waals surface area contributed by atoms with Crippen LogP contribution in [0.5, 0.6) is 0 Å². The van der Waals surface area contributed by atoms with Gasteiger partial charge in [-0.15, -0.1) is 0 Å². The number of hydrogen-bond donors (Lipinski definition) is 0. The number of aldehydes is 1. The van der Waals surface area contributed by atoms with Crippen LogP contribution in [0.25, 0.3) is 0 Å². The summed E-state index contributed by atoms with van der Waals surface area (Å²) in [6.07, 6.45) is 6.71. The van der Waals surface area contributed by atoms with Crippen molar-refractivity contribution in [3.8, 4) is 0 Å². The van der Waals surface area contributed by atoms with Crippen LogP contribution >= 0.6 is 0 Å². The Morgan fingerprint density at radius 2 is 2.12 bits per heavy atom. The summed E-state index contributed by atoms with van der Waals surface area (Å²) in [5, 5.41) is 4.03. The normalized spacial score (nSPS) is 24.9. The minimum atomic E-state index is -0.116. The van der Waals surface area contributed by atoms with Gasteiger partial charge < -0.3 is 9.32 Å². The highest BCUT2D eigenvalue weighted by Gasteiger charge is 2.25. The standard InChI is InChI=1S/C13H18N2O2/c1-13(2,3)12-14-11(15-17-12)10-6-4-9(8-16)5-7-10/h4,6,8-10H,5,7H2,1-3H3. The molecular weight excluding hydrogens is 216 g/mol. The Kier molecular flexibility index (Phi) is 3.13. The van der Waals surface area contributed by atoms with Crippen molar-refractivity contribution in [2.24, 2.45) is 5.92 Å². The summed E-state index contributed by atoms with van der Waals surface area (Å²) < 4.78 is 5.27. The molecule has 0 aromatic carbocycles. The van der Waals surface area contributed by atoms with E-state index in [1.165, 1.54) is 0 Å². The van der Waals surface area contributed by atoms with E-state index in [2.05, 4.69) is 10.1 Å². The second kappa shape index (κ2) is 4.43. The molecule has 0 fully saturated rings. The fourth-order valence-corrected chi connectivity index (χ4v) is 1.86. The lowest BCUT2D eigenvalue weighted by molar-refractivity contribution is -0.110. The minimum absolute atomic E-state index is 0.0558. The predicted molar refractivity (Wildman–Crippen MR) is 63.7 cm³/mol. The van der Waals surface area contributed by atoms with Crippen LogP contribution in [0, 0.1) is 5.92 Å². The number of hydrogen-bond acceptors (Lipinski definition) is 4. The van der Waals surface area contributed by atoms with Crippen molar-refractivity contribution in [2.45, 2.75) is 44.9 Å². The van der Waals surface area contributed by atoms with E-state index >= 15 is 0 Å². The molecular formula is C13H18N2O2. The Balaban J connectivity index is 2.14. The molecule has 0 saturated carbocycles. The molecule has 2 unspecified atom stereocenters. The zero-order chi connectivity index (χ0) is 12.5. The van der Waals surface area contributed by atoms with E-state index in [1.807, 2.05) is 32.9 Å². The summed E-state index contributed by atoms with van der Waals surface area (Å²) in [5.41, 5.74) is -0.116. The van der Waals surface area contributed by atoms with Crippen LogP contribution in [-0.4, -0.2) is 16.4 Å². The van der Waals surface area contributed by atoms with Crippen molar-refractivity contribution in [1.82, 2.24) is 10.1 Å². The zero-order valence-electron chi connectivity index (χ0n) is 10.5. The first kappa shape index (κ1) is 12.0. The van der Waals surface area contributed by atoms with Gasteiger partial charge in [-0.25, -0.2) is 0 Å². The second-order valence-corrected chi connectivity index (χ2v) is 5.58. The van der Waals surface area contributed by atoms with Gasteiger partial charge in [-0.2, -0.15) is 4.98 Å². The highest BCUT2D eigenvalue weighted by Crippen LogP contribution is 2.29. The van der Waals surface area contributed by atoms with E-state index < -0.39 is 0 Å². The van der Waals surface area contributed by atoms with Gasteiger partial charge in [-0.05, 0) is 12.8 Å². The molecule has 4 heteroatoms. The Labute approximate surface area is 101 Å². The smallest absolute Gasteiger partial charge is 0.232 e. The van der Waals surface area contributed by atoms with Crippen LogP contribution in [0.15, 0.2) is 16.7 Å². The number of nitrogens with zero attached hydrogens (tertiary/aromatic N) is 2. The third-order valence-electron chi connectivity index (χ3n) is 2.99. The van der Waals surface area contributed by atoms with Gasteiger partial charge in [0.25, 0.3) is 0 Å². The molecule has 0 saturated heterocycles. The van der Waals surface area contributed by atoms with Crippen molar-refractivity contribution in [3.63, 3.8) is 0 Å². The highest BCUT2D eigenvalue weighted by atomic mass is 16.5. The molecule has 1 aromatic heterocycles. The summed E-state index contributed by atoms with van der Waals surface area (Å²) in [6.45, 7) is 6.14. The van der Waals surface area contributed by atoms with Crippen molar-refractivity contribution >= 4 is 6.29 Å². The van der Waals surface area contributed by atoms with Gasteiger partial charge in [0, 0.05) is 17.3 Å². The maximum atomic E-state index is 10.6. The number of rotatable bonds is 2. The van der Waals surface area contributed by atoms with Crippen molar-refractivity contribution in [2.75, 3.05) is 0 Å². The van der Waals surface area contributed by atoms with E-state index in [0.29, 0.717) is 5.89 Å². The van der Waals surface area contributed by atoms with Crippen molar-refractivity contribution in [1.29, 1.82) is 0 Å². The molecule has 0 radical (unpaired) electrons. The number of carbonyl (C=O) groups excluding carboxylic acids is 1. The van der Waals surface area contributed by atoms with Gasteiger partial charge in [0.1, 0.15) is 6.29 Å². The molecule has 1 aliphatic rings. The monoisotopic (exact) mass is 234 g/mol. The van der Waals surface area contributed by atoms with E-state index in [9.17, 15) is 4.79 Å². The third kappa shape index (κ3) is 2.62. The Hall–Kier alpha value is -1.45. The molecule has 0 N–H and O–H groups in total. The molecule has 4 nitrogen and oxygen atoms in total. The van der Waals surface area contributed by atoms with Crippen LogP contribution in [0.3, 0.4) is 0 Å². The molecule has 1 aliphatic carbocycles. The fourth-order valence-electron chi connectivity index (χ4n) is 1.86. The first-order chi connectivity index (χ1) is 8.00. The Bertz CT molecular complexity index is 429. The molecule has 2 atom stereocenters. The van der Waals surface area contributed by atoms with E-state index in [4.69, 9.17) is 4.52 Å². The summed E-state index contributed by atoms with van der Waals surface area (Å²) in [5.74, 6) is 1.64. The van der Waals surface area contributed by atoms with E-state index in [-0.39, 0.29) is 17.3 Å². The quantitative estimate of drug-likeness (QED) is 0.583. The maximum absolute atomic E-state index is 10.6. The minimum Gasteiger partial charge on any atom is -0.339 e. The lowest BCUT2D eigenvalue weighted by Crippen LogP contribution is -2.13. The summed E-state index contributed by atoms with van der Waals surface area (Å²) in [6, 6.07) is 0. The fraction of sp³-hybridized carbons (Fsp3) is 0.615. The van der Waals surface area contributed by atoms with Crippen LogP contribution in [-0.2, 0) is 10.2 Å². The van der Waals surface area contributed by atoms with Gasteiger partial charge >= 0.3 is 0 Å². The second-order valence-electron chi connectivity index (χ2n) is 5.58. The zero-order valence-corrected chi connectivity index (χ0v) is 10.5. The topological polar surface area (TPSA) is 56.0 Å². The molecule has 2 rings (SSSR count). The highest BCUT2D eigenvalue weighted by molar-refractivity contribution is 5.57. The Morgan fingerprint density at radius 3 is 2.59 bits per heavy atom.